The number of hydrogen-bond acceptors (Lipinski definition) is 9. The van der Waals surface area contributed by atoms with Crippen molar-refractivity contribution < 1.29 is 38.1 Å². The quantitative estimate of drug-likeness (QED) is 0.240. The van der Waals surface area contributed by atoms with E-state index in [2.05, 4.69) is 16.7 Å². The second-order valence-electron chi connectivity index (χ2n) is 14.4. The molecular formula is C33H58N4O8. The maximum Gasteiger partial charge on any atom is 0.410 e. The van der Waals surface area contributed by atoms with E-state index in [0.29, 0.717) is 45.8 Å². The third kappa shape index (κ3) is 16.9. The van der Waals surface area contributed by atoms with Gasteiger partial charge in [0.05, 0.1) is 13.2 Å². The third-order valence-corrected chi connectivity index (χ3v) is 6.70. The summed E-state index contributed by atoms with van der Waals surface area (Å²) >= 11 is 0. The molecule has 0 N–H and O–H groups in total. The van der Waals surface area contributed by atoms with Gasteiger partial charge in [-0.3, -0.25) is 4.90 Å². The predicted octanol–water partition coefficient (Wildman–Crippen LogP) is 4.95. The van der Waals surface area contributed by atoms with Gasteiger partial charge in [0.2, 0.25) is 0 Å². The number of nitrogens with zero attached hydrogens (tertiary/aromatic N) is 4. The van der Waals surface area contributed by atoms with Crippen LogP contribution in [-0.2, 0) is 23.7 Å². The smallest absolute Gasteiger partial charge is 0.410 e. The molecule has 2 aliphatic heterocycles. The zero-order valence-electron chi connectivity index (χ0n) is 29.2. The molecule has 0 radical (unpaired) electrons. The Labute approximate surface area is 270 Å². The van der Waals surface area contributed by atoms with Crippen molar-refractivity contribution in [1.82, 2.24) is 19.6 Å². The van der Waals surface area contributed by atoms with E-state index in [4.69, 9.17) is 23.7 Å². The summed E-state index contributed by atoms with van der Waals surface area (Å²) in [5.74, 6) is 6.41. The fraction of sp³-hybridized carbons (Fsp3) is 0.848. The zero-order chi connectivity index (χ0) is 33.7. The van der Waals surface area contributed by atoms with E-state index < -0.39 is 35.1 Å². The molecule has 0 spiro atoms. The molecule has 2 aliphatic rings. The van der Waals surface area contributed by atoms with Crippen LogP contribution in [0.4, 0.5) is 14.4 Å². The monoisotopic (exact) mass is 638 g/mol. The van der Waals surface area contributed by atoms with E-state index in [1.807, 2.05) is 41.5 Å². The molecule has 1 unspecified atom stereocenters. The van der Waals surface area contributed by atoms with Crippen LogP contribution in [0, 0.1) is 11.8 Å². The van der Waals surface area contributed by atoms with Crippen LogP contribution in [0.3, 0.4) is 0 Å². The van der Waals surface area contributed by atoms with Gasteiger partial charge < -0.3 is 38.4 Å². The summed E-state index contributed by atoms with van der Waals surface area (Å²) in [6.07, 6.45) is 2.14. The highest BCUT2D eigenvalue weighted by molar-refractivity contribution is 5.70. The van der Waals surface area contributed by atoms with Crippen molar-refractivity contribution in [2.75, 3.05) is 72.1 Å². The fourth-order valence-corrected chi connectivity index (χ4v) is 4.48. The summed E-state index contributed by atoms with van der Waals surface area (Å²) in [5, 5.41) is 0. The molecule has 0 aromatic rings. The van der Waals surface area contributed by atoms with Crippen LogP contribution in [0.15, 0.2) is 0 Å². The lowest BCUT2D eigenvalue weighted by Gasteiger charge is -2.35. The van der Waals surface area contributed by atoms with Gasteiger partial charge in [-0.05, 0) is 81.6 Å². The molecule has 0 bridgehead atoms. The second-order valence-corrected chi connectivity index (χ2v) is 14.4. The summed E-state index contributed by atoms with van der Waals surface area (Å²) < 4.78 is 28.5. The predicted molar refractivity (Wildman–Crippen MR) is 172 cm³/mol. The summed E-state index contributed by atoms with van der Waals surface area (Å²) in [4.78, 5) is 46.5. The Hall–Kier alpha value is -2.75. The molecule has 2 saturated heterocycles. The number of ether oxygens (including phenoxy) is 5. The number of hydrogen-bond donors (Lipinski definition) is 0. The molecule has 2 fully saturated rings. The van der Waals surface area contributed by atoms with E-state index >= 15 is 0 Å². The fourth-order valence-electron chi connectivity index (χ4n) is 4.48. The number of rotatable bonds is 4. The van der Waals surface area contributed by atoms with Gasteiger partial charge >= 0.3 is 18.3 Å². The van der Waals surface area contributed by atoms with Gasteiger partial charge in [0, 0.05) is 65.4 Å². The lowest BCUT2D eigenvalue weighted by molar-refractivity contribution is -0.161. The Balaban J connectivity index is 2.20. The summed E-state index contributed by atoms with van der Waals surface area (Å²) in [6.45, 7) is 20.6. The minimum absolute atomic E-state index is 0.139. The average molecular weight is 639 g/mol. The summed E-state index contributed by atoms with van der Waals surface area (Å²) in [6, 6.07) is 0. The molecule has 12 nitrogen and oxygen atoms in total. The van der Waals surface area contributed by atoms with Crippen LogP contribution in [-0.4, -0.2) is 133 Å². The van der Waals surface area contributed by atoms with Crippen LogP contribution < -0.4 is 0 Å². The molecule has 2 rings (SSSR count). The first-order valence-electron chi connectivity index (χ1n) is 16.3. The molecule has 0 saturated carbocycles. The van der Waals surface area contributed by atoms with E-state index in [1.165, 1.54) is 4.90 Å². The van der Waals surface area contributed by atoms with E-state index in [-0.39, 0.29) is 32.5 Å². The first kappa shape index (κ1) is 38.4. The van der Waals surface area contributed by atoms with Gasteiger partial charge in [-0.25, -0.2) is 14.4 Å². The third-order valence-electron chi connectivity index (χ3n) is 6.70. The van der Waals surface area contributed by atoms with Gasteiger partial charge in [0.25, 0.3) is 0 Å². The molecule has 258 valence electrons. The Morgan fingerprint density at radius 2 is 1.07 bits per heavy atom. The molecule has 2 heterocycles. The van der Waals surface area contributed by atoms with Crippen molar-refractivity contribution in [3.8, 4) is 11.8 Å². The van der Waals surface area contributed by atoms with Gasteiger partial charge in [0.15, 0.2) is 6.29 Å². The van der Waals surface area contributed by atoms with Gasteiger partial charge in [0.1, 0.15) is 16.8 Å². The van der Waals surface area contributed by atoms with Crippen LogP contribution >= 0.6 is 0 Å². The van der Waals surface area contributed by atoms with Gasteiger partial charge in [-0.2, -0.15) is 0 Å². The largest absolute Gasteiger partial charge is 0.444 e. The van der Waals surface area contributed by atoms with Gasteiger partial charge in [-0.15, -0.1) is 0 Å². The highest BCUT2D eigenvalue weighted by Gasteiger charge is 2.29. The normalized spacial score (nSPS) is 19.8. The Morgan fingerprint density at radius 1 is 0.644 bits per heavy atom. The Kier molecular flexibility index (Phi) is 15.2. The van der Waals surface area contributed by atoms with E-state index in [0.717, 1.165) is 25.9 Å². The minimum atomic E-state index is -0.701. The lowest BCUT2D eigenvalue weighted by Crippen LogP contribution is -2.51. The van der Waals surface area contributed by atoms with E-state index in [1.54, 1.807) is 30.6 Å². The first-order chi connectivity index (χ1) is 20.9. The Morgan fingerprint density at radius 3 is 1.44 bits per heavy atom. The molecule has 1 atom stereocenters. The molecule has 45 heavy (non-hydrogen) atoms. The SMILES string of the molecule is CC(C)(C)OC(=O)N1CCN(CC#CCCOC2CCCCO2)CCN(C(=O)OC(C)(C)C)CCN(C(=O)OC(C)(C)C)CC1. The second kappa shape index (κ2) is 17.8. The number of carbonyl (C=O) groups is 3. The number of amides is 3. The van der Waals surface area contributed by atoms with Crippen LogP contribution in [0.2, 0.25) is 0 Å². The minimum Gasteiger partial charge on any atom is -0.444 e. The van der Waals surface area contributed by atoms with Crippen molar-refractivity contribution in [1.29, 1.82) is 0 Å². The zero-order valence-corrected chi connectivity index (χ0v) is 29.2. The van der Waals surface area contributed by atoms with Crippen molar-refractivity contribution >= 4 is 18.3 Å². The standard InChI is InChI=1S/C33H58N4O8/c1-31(2,3)43-28(38)35-19-17-34(16-12-10-13-25-41-27-15-11-14-26-42-27)18-20-36(29(39)44-32(4,5)6)22-24-37(23-21-35)30(40)45-33(7,8)9/h27H,11,13-26H2,1-9H3. The maximum absolute atomic E-state index is 13.2. The molecule has 0 aromatic heterocycles. The summed E-state index contributed by atoms with van der Waals surface area (Å²) in [5.41, 5.74) is -2.04. The van der Waals surface area contributed by atoms with Crippen molar-refractivity contribution in [3.63, 3.8) is 0 Å². The van der Waals surface area contributed by atoms with Crippen molar-refractivity contribution in [2.45, 2.75) is 111 Å². The Bertz CT molecular complexity index is 955. The first-order valence-corrected chi connectivity index (χ1v) is 16.3. The molecule has 0 aromatic carbocycles. The molecule has 3 amide bonds. The topological polar surface area (TPSA) is 110 Å². The van der Waals surface area contributed by atoms with Crippen LogP contribution in [0.25, 0.3) is 0 Å². The van der Waals surface area contributed by atoms with Crippen molar-refractivity contribution in [2.24, 2.45) is 0 Å². The summed E-state index contributed by atoms with van der Waals surface area (Å²) in [7, 11) is 0. The molecular weight excluding hydrogens is 580 g/mol. The lowest BCUT2D eigenvalue weighted by atomic mass is 10.2. The molecule has 12 heteroatoms. The number of carbonyl (C=O) groups excluding carboxylic acids is 3. The van der Waals surface area contributed by atoms with E-state index in [9.17, 15) is 14.4 Å². The molecule has 0 aliphatic carbocycles. The highest BCUT2D eigenvalue weighted by Crippen LogP contribution is 2.16. The van der Waals surface area contributed by atoms with Crippen LogP contribution in [0.1, 0.15) is 88.0 Å². The highest BCUT2D eigenvalue weighted by atomic mass is 16.7. The van der Waals surface area contributed by atoms with Gasteiger partial charge in [-0.1, -0.05) is 11.8 Å². The maximum atomic E-state index is 13.2. The van der Waals surface area contributed by atoms with Crippen LogP contribution in [0.5, 0.6) is 0 Å². The average Bonchev–Trinajstić information content (AvgIpc) is 2.89. The van der Waals surface area contributed by atoms with Crippen molar-refractivity contribution in [3.05, 3.63) is 0 Å².